The first-order valence-electron chi connectivity index (χ1n) is 7.60. The lowest BCUT2D eigenvalue weighted by atomic mass is 10.0. The van der Waals surface area contributed by atoms with E-state index in [4.69, 9.17) is 0 Å². The molecule has 4 rings (SSSR count). The molecule has 0 saturated heterocycles. The molecule has 1 aliphatic heterocycles. The first kappa shape index (κ1) is 14.4. The van der Waals surface area contributed by atoms with E-state index in [-0.39, 0.29) is 5.75 Å². The standard InChI is InChI=1S/C18H13FN4O/c19-16-3-2-12(9-22-16)13-6-11(8-20)7-14-17(13)23-5-1-4-21-10-15(23)18(14)24/h2-3,6-7,9-10,24H,1,4-5H2. The van der Waals surface area contributed by atoms with Gasteiger partial charge in [-0.3, -0.25) is 4.99 Å². The fourth-order valence-electron chi connectivity index (χ4n) is 3.15. The van der Waals surface area contributed by atoms with Crippen molar-refractivity contribution in [1.29, 1.82) is 5.26 Å². The summed E-state index contributed by atoms with van der Waals surface area (Å²) in [4.78, 5) is 8.00. The Bertz CT molecular complexity index is 1010. The minimum Gasteiger partial charge on any atom is -0.505 e. The second-order valence-corrected chi connectivity index (χ2v) is 5.68. The molecular formula is C18H13FN4O. The predicted octanol–water partition coefficient (Wildman–Crippen LogP) is 3.24. The van der Waals surface area contributed by atoms with Crippen LogP contribution in [0.5, 0.6) is 5.75 Å². The zero-order valence-electron chi connectivity index (χ0n) is 12.7. The fourth-order valence-corrected chi connectivity index (χ4v) is 3.15. The number of pyridine rings is 1. The second kappa shape index (κ2) is 5.46. The van der Waals surface area contributed by atoms with E-state index in [1.54, 1.807) is 24.4 Å². The van der Waals surface area contributed by atoms with Crippen molar-refractivity contribution in [2.24, 2.45) is 4.99 Å². The van der Waals surface area contributed by atoms with E-state index in [0.717, 1.165) is 17.5 Å². The van der Waals surface area contributed by atoms with Gasteiger partial charge in [0.25, 0.3) is 0 Å². The number of aryl methyl sites for hydroxylation is 1. The minimum absolute atomic E-state index is 0.115. The highest BCUT2D eigenvalue weighted by molar-refractivity contribution is 6.04. The molecule has 1 aliphatic rings. The van der Waals surface area contributed by atoms with Crippen molar-refractivity contribution in [3.05, 3.63) is 47.7 Å². The largest absolute Gasteiger partial charge is 0.505 e. The Hall–Kier alpha value is -3.20. The molecule has 0 fully saturated rings. The predicted molar refractivity (Wildman–Crippen MR) is 88.6 cm³/mol. The molecular weight excluding hydrogens is 307 g/mol. The Morgan fingerprint density at radius 2 is 2.17 bits per heavy atom. The summed E-state index contributed by atoms with van der Waals surface area (Å²) in [6, 6.07) is 8.43. The molecule has 5 nitrogen and oxygen atoms in total. The second-order valence-electron chi connectivity index (χ2n) is 5.68. The maximum Gasteiger partial charge on any atom is 0.212 e. The molecule has 0 atom stereocenters. The molecule has 1 aromatic carbocycles. The van der Waals surface area contributed by atoms with Gasteiger partial charge in [-0.25, -0.2) is 4.98 Å². The maximum absolute atomic E-state index is 13.2. The van der Waals surface area contributed by atoms with Crippen molar-refractivity contribution < 1.29 is 9.50 Å². The van der Waals surface area contributed by atoms with Crippen molar-refractivity contribution in [2.75, 3.05) is 6.54 Å². The number of rotatable bonds is 1. The van der Waals surface area contributed by atoms with E-state index >= 15 is 0 Å². The zero-order valence-corrected chi connectivity index (χ0v) is 12.7. The van der Waals surface area contributed by atoms with Crippen LogP contribution in [0.15, 0.2) is 35.5 Å². The van der Waals surface area contributed by atoms with Gasteiger partial charge in [0.15, 0.2) is 0 Å². The van der Waals surface area contributed by atoms with E-state index < -0.39 is 5.95 Å². The number of aliphatic imine (C=N–C) groups is 1. The molecule has 0 amide bonds. The van der Waals surface area contributed by atoms with Crippen molar-refractivity contribution >= 4 is 17.1 Å². The molecule has 0 spiro atoms. The van der Waals surface area contributed by atoms with E-state index in [1.807, 2.05) is 4.57 Å². The lowest BCUT2D eigenvalue weighted by Gasteiger charge is -2.10. The molecule has 3 aromatic rings. The number of nitrogens with zero attached hydrogens (tertiary/aromatic N) is 4. The Kier molecular flexibility index (Phi) is 3.28. The Morgan fingerprint density at radius 1 is 1.29 bits per heavy atom. The van der Waals surface area contributed by atoms with E-state index in [9.17, 15) is 14.8 Å². The monoisotopic (exact) mass is 320 g/mol. The molecule has 0 saturated carbocycles. The summed E-state index contributed by atoms with van der Waals surface area (Å²) in [6.07, 6.45) is 3.96. The molecule has 1 N–H and O–H groups in total. The average molecular weight is 320 g/mol. The van der Waals surface area contributed by atoms with E-state index in [0.29, 0.717) is 35.3 Å². The highest BCUT2D eigenvalue weighted by Crippen LogP contribution is 2.39. The van der Waals surface area contributed by atoms with Gasteiger partial charge in [-0.05, 0) is 30.7 Å². The number of aromatic nitrogens is 2. The van der Waals surface area contributed by atoms with Crippen molar-refractivity contribution in [2.45, 2.75) is 13.0 Å². The molecule has 3 heterocycles. The molecule has 0 radical (unpaired) electrons. The summed E-state index contributed by atoms with van der Waals surface area (Å²) in [5.41, 5.74) is 3.31. The van der Waals surface area contributed by atoms with Crippen LogP contribution in [0.1, 0.15) is 17.7 Å². The van der Waals surface area contributed by atoms with Gasteiger partial charge in [0.05, 0.1) is 17.1 Å². The molecule has 6 heteroatoms. The Balaban J connectivity index is 2.11. The van der Waals surface area contributed by atoms with Gasteiger partial charge < -0.3 is 9.67 Å². The van der Waals surface area contributed by atoms with Gasteiger partial charge in [0.1, 0.15) is 11.4 Å². The van der Waals surface area contributed by atoms with Gasteiger partial charge in [-0.1, -0.05) is 0 Å². The molecule has 0 aliphatic carbocycles. The third-order valence-electron chi connectivity index (χ3n) is 4.22. The van der Waals surface area contributed by atoms with Crippen LogP contribution in [0, 0.1) is 17.3 Å². The lowest BCUT2D eigenvalue weighted by molar-refractivity contribution is 0.477. The third kappa shape index (κ3) is 2.14. The number of benzene rings is 1. The van der Waals surface area contributed by atoms with Crippen LogP contribution in [0.2, 0.25) is 0 Å². The van der Waals surface area contributed by atoms with Crippen LogP contribution in [-0.4, -0.2) is 27.4 Å². The number of hydrogen-bond donors (Lipinski definition) is 1. The minimum atomic E-state index is -0.560. The fraction of sp³-hybridized carbons (Fsp3) is 0.167. The molecule has 24 heavy (non-hydrogen) atoms. The lowest BCUT2D eigenvalue weighted by Crippen LogP contribution is -2.02. The van der Waals surface area contributed by atoms with Gasteiger partial charge in [-0.15, -0.1) is 0 Å². The summed E-state index contributed by atoms with van der Waals surface area (Å²) >= 11 is 0. The highest BCUT2D eigenvalue weighted by atomic mass is 19.1. The highest BCUT2D eigenvalue weighted by Gasteiger charge is 2.21. The zero-order chi connectivity index (χ0) is 16.7. The van der Waals surface area contributed by atoms with Crippen LogP contribution in [0.4, 0.5) is 4.39 Å². The Morgan fingerprint density at radius 3 is 2.92 bits per heavy atom. The van der Waals surface area contributed by atoms with Gasteiger partial charge in [0, 0.05) is 42.0 Å². The normalized spacial score (nSPS) is 13.5. The van der Waals surface area contributed by atoms with Crippen LogP contribution in [-0.2, 0) is 6.54 Å². The summed E-state index contributed by atoms with van der Waals surface area (Å²) in [5, 5.41) is 20.5. The SMILES string of the molecule is N#Cc1cc(-c2ccc(F)nc2)c2c(c1)c(O)c1n2CCCN=C1. The third-order valence-corrected chi connectivity index (χ3v) is 4.22. The molecule has 0 unspecified atom stereocenters. The number of aromatic hydroxyl groups is 1. The van der Waals surface area contributed by atoms with Crippen LogP contribution in [0.25, 0.3) is 22.0 Å². The number of hydrogen-bond acceptors (Lipinski definition) is 4. The number of nitriles is 1. The molecule has 0 bridgehead atoms. The van der Waals surface area contributed by atoms with E-state index in [1.165, 1.54) is 12.3 Å². The van der Waals surface area contributed by atoms with Crippen molar-refractivity contribution in [3.8, 4) is 22.9 Å². The molecule has 118 valence electrons. The van der Waals surface area contributed by atoms with Crippen molar-refractivity contribution in [1.82, 2.24) is 9.55 Å². The first-order valence-corrected chi connectivity index (χ1v) is 7.60. The maximum atomic E-state index is 13.2. The first-order chi connectivity index (χ1) is 11.7. The Labute approximate surface area is 137 Å². The topological polar surface area (TPSA) is 74.2 Å². The van der Waals surface area contributed by atoms with Crippen LogP contribution in [0.3, 0.4) is 0 Å². The number of fused-ring (bicyclic) bond motifs is 3. The number of halogens is 1. The quantitative estimate of drug-likeness (QED) is 0.699. The van der Waals surface area contributed by atoms with Gasteiger partial charge in [-0.2, -0.15) is 9.65 Å². The van der Waals surface area contributed by atoms with Gasteiger partial charge in [0.2, 0.25) is 5.95 Å². The summed E-state index contributed by atoms with van der Waals surface area (Å²) in [6.45, 7) is 1.41. The van der Waals surface area contributed by atoms with Crippen molar-refractivity contribution in [3.63, 3.8) is 0 Å². The smallest absolute Gasteiger partial charge is 0.212 e. The average Bonchev–Trinajstić information content (AvgIpc) is 2.77. The molecule has 2 aromatic heterocycles. The van der Waals surface area contributed by atoms with Gasteiger partial charge >= 0.3 is 0 Å². The van der Waals surface area contributed by atoms with Crippen LogP contribution >= 0.6 is 0 Å². The summed E-state index contributed by atoms with van der Waals surface area (Å²) < 4.78 is 15.2. The van der Waals surface area contributed by atoms with Crippen LogP contribution < -0.4 is 0 Å². The summed E-state index contributed by atoms with van der Waals surface area (Å²) in [7, 11) is 0. The van der Waals surface area contributed by atoms with E-state index in [2.05, 4.69) is 16.0 Å². The summed E-state index contributed by atoms with van der Waals surface area (Å²) in [5.74, 6) is -0.445.